The van der Waals surface area contributed by atoms with Gasteiger partial charge in [0.2, 0.25) is 0 Å². The predicted octanol–water partition coefficient (Wildman–Crippen LogP) is 1.03. The molecule has 0 aromatic rings. The minimum Gasteiger partial charge on any atom is -0.481 e. The van der Waals surface area contributed by atoms with Crippen molar-refractivity contribution in [2.24, 2.45) is 11.8 Å². The zero-order valence-electron chi connectivity index (χ0n) is 7.56. The molecule has 3 unspecified atom stereocenters. The predicted molar refractivity (Wildman–Crippen MR) is 44.9 cm³/mol. The van der Waals surface area contributed by atoms with Crippen LogP contribution in [0.4, 0.5) is 0 Å². The Bertz CT molecular complexity index is 234. The number of rotatable bonds is 2. The molecule has 1 N–H and O–H groups in total. The molecule has 1 aliphatic carbocycles. The molecule has 0 bridgehead atoms. The van der Waals surface area contributed by atoms with Gasteiger partial charge in [-0.1, -0.05) is 0 Å². The van der Waals surface area contributed by atoms with Crippen molar-refractivity contribution in [3.05, 3.63) is 0 Å². The summed E-state index contributed by atoms with van der Waals surface area (Å²) in [6.45, 7) is 0. The third kappa shape index (κ3) is 2.19. The minimum absolute atomic E-state index is 0.118. The normalized spacial score (nSPS) is 33.7. The van der Waals surface area contributed by atoms with Crippen LogP contribution >= 0.6 is 0 Å². The summed E-state index contributed by atoms with van der Waals surface area (Å²) in [5.41, 5.74) is 0. The standard InChI is InChI=1S/C9H13NO3/c1-13-8-3-2-6(5-10)4-7(8)9(11)12/h6-8H,2-4H2,1H3,(H,11,12). The average Bonchev–Trinajstić information content (AvgIpc) is 2.16. The molecule has 0 spiro atoms. The number of carboxylic acids is 1. The Kier molecular flexibility index (Phi) is 3.26. The number of carbonyl (C=O) groups is 1. The molecule has 0 aliphatic heterocycles. The summed E-state index contributed by atoms with van der Waals surface area (Å²) >= 11 is 0. The van der Waals surface area contributed by atoms with E-state index in [1.54, 1.807) is 0 Å². The van der Waals surface area contributed by atoms with Gasteiger partial charge in [-0.05, 0) is 19.3 Å². The summed E-state index contributed by atoms with van der Waals surface area (Å²) in [5, 5.41) is 17.5. The van der Waals surface area contributed by atoms with Crippen molar-refractivity contribution < 1.29 is 14.6 Å². The number of methoxy groups -OCH3 is 1. The molecular formula is C9H13NO3. The van der Waals surface area contributed by atoms with Crippen molar-refractivity contribution in [3.63, 3.8) is 0 Å². The van der Waals surface area contributed by atoms with Crippen molar-refractivity contribution in [1.29, 1.82) is 5.26 Å². The van der Waals surface area contributed by atoms with Gasteiger partial charge in [0.25, 0.3) is 0 Å². The second-order valence-corrected chi connectivity index (χ2v) is 3.36. The van der Waals surface area contributed by atoms with E-state index in [0.717, 1.165) is 6.42 Å². The summed E-state index contributed by atoms with van der Waals surface area (Å²) in [6.07, 6.45) is 1.62. The number of hydrogen-bond acceptors (Lipinski definition) is 3. The number of ether oxygens (including phenoxy) is 1. The van der Waals surface area contributed by atoms with Gasteiger partial charge in [0.1, 0.15) is 0 Å². The highest BCUT2D eigenvalue weighted by molar-refractivity contribution is 5.71. The smallest absolute Gasteiger partial charge is 0.309 e. The molecule has 13 heavy (non-hydrogen) atoms. The van der Waals surface area contributed by atoms with Crippen LogP contribution in [0.2, 0.25) is 0 Å². The molecule has 1 saturated carbocycles. The highest BCUT2D eigenvalue weighted by atomic mass is 16.5. The molecule has 0 saturated heterocycles. The van der Waals surface area contributed by atoms with E-state index in [0.29, 0.717) is 12.8 Å². The number of nitriles is 1. The first kappa shape index (κ1) is 10.0. The molecule has 3 atom stereocenters. The SMILES string of the molecule is COC1CCC(C#N)CC1C(=O)O. The van der Waals surface area contributed by atoms with Crippen LogP contribution in [-0.4, -0.2) is 24.3 Å². The summed E-state index contributed by atoms with van der Waals surface area (Å²) in [6, 6.07) is 2.11. The van der Waals surface area contributed by atoms with E-state index in [9.17, 15) is 4.79 Å². The molecular weight excluding hydrogens is 170 g/mol. The topological polar surface area (TPSA) is 70.3 Å². The van der Waals surface area contributed by atoms with E-state index in [1.165, 1.54) is 7.11 Å². The van der Waals surface area contributed by atoms with Crippen LogP contribution in [0.3, 0.4) is 0 Å². The molecule has 0 aromatic carbocycles. The summed E-state index contributed by atoms with van der Waals surface area (Å²) in [7, 11) is 1.52. The monoisotopic (exact) mass is 183 g/mol. The second kappa shape index (κ2) is 4.24. The maximum atomic E-state index is 10.8. The van der Waals surface area contributed by atoms with Crippen molar-refractivity contribution >= 4 is 5.97 Å². The lowest BCUT2D eigenvalue weighted by atomic mass is 9.80. The lowest BCUT2D eigenvalue weighted by molar-refractivity contribution is -0.149. The Labute approximate surface area is 77.1 Å². The number of nitrogens with zero attached hydrogens (tertiary/aromatic N) is 1. The van der Waals surface area contributed by atoms with Crippen LogP contribution in [0.15, 0.2) is 0 Å². The van der Waals surface area contributed by atoms with E-state index in [4.69, 9.17) is 15.1 Å². The van der Waals surface area contributed by atoms with Gasteiger partial charge in [-0.2, -0.15) is 5.26 Å². The van der Waals surface area contributed by atoms with Gasteiger partial charge in [-0.15, -0.1) is 0 Å². The fourth-order valence-corrected chi connectivity index (χ4v) is 1.80. The molecule has 1 rings (SSSR count). The minimum atomic E-state index is -0.855. The third-order valence-corrected chi connectivity index (χ3v) is 2.59. The van der Waals surface area contributed by atoms with Crippen molar-refractivity contribution in [2.45, 2.75) is 25.4 Å². The third-order valence-electron chi connectivity index (χ3n) is 2.59. The number of aliphatic carboxylic acids is 1. The van der Waals surface area contributed by atoms with Gasteiger partial charge in [0.15, 0.2) is 0 Å². The second-order valence-electron chi connectivity index (χ2n) is 3.36. The lowest BCUT2D eigenvalue weighted by Gasteiger charge is -2.29. The molecule has 1 aliphatic rings. The van der Waals surface area contributed by atoms with Gasteiger partial charge < -0.3 is 9.84 Å². The maximum absolute atomic E-state index is 10.8. The van der Waals surface area contributed by atoms with Crippen LogP contribution in [0.25, 0.3) is 0 Å². The van der Waals surface area contributed by atoms with Crippen LogP contribution in [0.1, 0.15) is 19.3 Å². The van der Waals surface area contributed by atoms with E-state index >= 15 is 0 Å². The average molecular weight is 183 g/mol. The van der Waals surface area contributed by atoms with E-state index in [-0.39, 0.29) is 12.0 Å². The van der Waals surface area contributed by atoms with Crippen molar-refractivity contribution in [1.82, 2.24) is 0 Å². The number of carboxylic acid groups (broad SMARTS) is 1. The molecule has 72 valence electrons. The zero-order valence-corrected chi connectivity index (χ0v) is 7.56. The summed E-state index contributed by atoms with van der Waals surface area (Å²) in [5.74, 6) is -1.48. The lowest BCUT2D eigenvalue weighted by Crippen LogP contribution is -2.35. The fraction of sp³-hybridized carbons (Fsp3) is 0.778. The Morgan fingerprint density at radius 3 is 2.77 bits per heavy atom. The Morgan fingerprint density at radius 1 is 1.62 bits per heavy atom. The molecule has 4 nitrogen and oxygen atoms in total. The van der Waals surface area contributed by atoms with Gasteiger partial charge >= 0.3 is 5.97 Å². The summed E-state index contributed by atoms with van der Waals surface area (Å²) in [4.78, 5) is 10.8. The van der Waals surface area contributed by atoms with Gasteiger partial charge in [-0.25, -0.2) is 0 Å². The van der Waals surface area contributed by atoms with Crippen LogP contribution in [0.5, 0.6) is 0 Å². The summed E-state index contributed by atoms with van der Waals surface area (Å²) < 4.78 is 5.07. The Hall–Kier alpha value is -1.08. The van der Waals surface area contributed by atoms with Crippen LogP contribution in [-0.2, 0) is 9.53 Å². The van der Waals surface area contributed by atoms with Gasteiger partial charge in [0, 0.05) is 13.0 Å². The van der Waals surface area contributed by atoms with Crippen molar-refractivity contribution in [3.8, 4) is 6.07 Å². The molecule has 1 fully saturated rings. The van der Waals surface area contributed by atoms with Crippen LogP contribution in [0, 0.1) is 23.2 Å². The Morgan fingerprint density at radius 2 is 2.31 bits per heavy atom. The quantitative estimate of drug-likeness (QED) is 0.694. The Balaban J connectivity index is 2.64. The maximum Gasteiger partial charge on any atom is 0.309 e. The van der Waals surface area contributed by atoms with E-state index in [2.05, 4.69) is 6.07 Å². The highest BCUT2D eigenvalue weighted by Crippen LogP contribution is 2.30. The van der Waals surface area contributed by atoms with E-state index in [1.807, 2.05) is 0 Å². The molecule has 0 aromatic heterocycles. The first-order chi connectivity index (χ1) is 6.19. The molecule has 0 radical (unpaired) electrons. The molecule has 4 heteroatoms. The molecule has 0 amide bonds. The van der Waals surface area contributed by atoms with Crippen LogP contribution < -0.4 is 0 Å². The zero-order chi connectivity index (χ0) is 9.84. The first-order valence-corrected chi connectivity index (χ1v) is 4.34. The largest absolute Gasteiger partial charge is 0.481 e. The van der Waals surface area contributed by atoms with Crippen molar-refractivity contribution in [2.75, 3.05) is 7.11 Å². The fourth-order valence-electron chi connectivity index (χ4n) is 1.80. The van der Waals surface area contributed by atoms with E-state index < -0.39 is 11.9 Å². The molecule has 0 heterocycles. The van der Waals surface area contributed by atoms with Gasteiger partial charge in [-0.3, -0.25) is 4.79 Å². The number of hydrogen-bond donors (Lipinski definition) is 1. The first-order valence-electron chi connectivity index (χ1n) is 4.34. The highest BCUT2D eigenvalue weighted by Gasteiger charge is 2.35. The van der Waals surface area contributed by atoms with Gasteiger partial charge in [0.05, 0.1) is 18.1 Å².